The molecule has 0 radical (unpaired) electrons. The second kappa shape index (κ2) is 8.31. The molecule has 0 fully saturated rings. The molecule has 8 nitrogen and oxygen atoms in total. The van der Waals surface area contributed by atoms with E-state index in [0.717, 1.165) is 52.3 Å². The second-order valence-electron chi connectivity index (χ2n) is 9.61. The normalized spacial score (nSPS) is 22.8. The summed E-state index contributed by atoms with van der Waals surface area (Å²) in [7, 11) is 0. The Morgan fingerprint density at radius 2 is 1.83 bits per heavy atom. The highest BCUT2D eigenvalue weighted by Crippen LogP contribution is 2.51. The number of ketones is 1. The van der Waals surface area contributed by atoms with Crippen LogP contribution in [0.1, 0.15) is 31.5 Å². The van der Waals surface area contributed by atoms with Crippen LogP contribution in [-0.4, -0.2) is 35.5 Å². The van der Waals surface area contributed by atoms with Gasteiger partial charge in [-0.15, -0.1) is 0 Å². The maximum absolute atomic E-state index is 12.9. The molecule has 3 aromatic heterocycles. The summed E-state index contributed by atoms with van der Waals surface area (Å²) in [6, 6.07) is 12.1. The van der Waals surface area contributed by atoms with E-state index in [2.05, 4.69) is 32.9 Å². The number of fused-ring (bicyclic) bond motifs is 3. The Labute approximate surface area is 208 Å². The number of carbonyl (C=O) groups is 1. The van der Waals surface area contributed by atoms with Crippen LogP contribution in [0, 0.1) is 23.2 Å². The number of allylic oxidation sites excluding steroid dienone is 2. The van der Waals surface area contributed by atoms with E-state index < -0.39 is 5.41 Å². The molecule has 36 heavy (non-hydrogen) atoms. The molecule has 0 unspecified atom stereocenters. The van der Waals surface area contributed by atoms with Crippen molar-refractivity contribution in [1.29, 1.82) is 5.26 Å². The monoisotopic (exact) mass is 473 g/mol. The van der Waals surface area contributed by atoms with Gasteiger partial charge in [-0.1, -0.05) is 32.1 Å². The number of benzene rings is 1. The second-order valence-corrected chi connectivity index (χ2v) is 9.61. The van der Waals surface area contributed by atoms with Gasteiger partial charge < -0.3 is 0 Å². The molecule has 2 aliphatic rings. The Morgan fingerprint density at radius 1 is 1.06 bits per heavy atom. The Bertz CT molecular complexity index is 1530. The summed E-state index contributed by atoms with van der Waals surface area (Å²) in [5.74, 6) is -0.238. The molecule has 0 N–H and O–H groups in total. The predicted octanol–water partition coefficient (Wildman–Crippen LogP) is 4.28. The lowest BCUT2D eigenvalue weighted by Crippen LogP contribution is -2.46. The van der Waals surface area contributed by atoms with Crippen molar-refractivity contribution < 1.29 is 4.79 Å². The zero-order valence-electron chi connectivity index (χ0n) is 20.0. The zero-order valence-corrected chi connectivity index (χ0v) is 20.0. The summed E-state index contributed by atoms with van der Waals surface area (Å²) in [5.41, 5.74) is 6.20. The quantitative estimate of drug-likeness (QED) is 0.437. The van der Waals surface area contributed by atoms with E-state index in [-0.39, 0.29) is 23.2 Å². The summed E-state index contributed by atoms with van der Waals surface area (Å²) >= 11 is 0. The summed E-state index contributed by atoms with van der Waals surface area (Å²) in [6.45, 7) is 4.08. The lowest BCUT2D eigenvalue weighted by atomic mass is 9.58. The Balaban J connectivity index is 1.57. The van der Waals surface area contributed by atoms with E-state index in [1.165, 1.54) is 12.7 Å². The molecule has 8 heteroatoms. The molecule has 4 aromatic rings. The van der Waals surface area contributed by atoms with Crippen LogP contribution in [0.15, 0.2) is 73.2 Å². The van der Waals surface area contributed by atoms with Gasteiger partial charge >= 0.3 is 0 Å². The average Bonchev–Trinajstić information content (AvgIpc) is 3.33. The van der Waals surface area contributed by atoms with Crippen molar-refractivity contribution in [3.63, 3.8) is 0 Å². The summed E-state index contributed by atoms with van der Waals surface area (Å²) in [5, 5.41) is 14.8. The van der Waals surface area contributed by atoms with Gasteiger partial charge in [-0.05, 0) is 42.5 Å². The molecule has 0 aliphatic heterocycles. The first-order valence-corrected chi connectivity index (χ1v) is 11.9. The molecule has 0 saturated carbocycles. The number of hydrogen-bond acceptors (Lipinski definition) is 7. The van der Waals surface area contributed by atoms with E-state index in [9.17, 15) is 10.1 Å². The van der Waals surface area contributed by atoms with Crippen molar-refractivity contribution in [2.24, 2.45) is 11.8 Å². The highest BCUT2D eigenvalue weighted by atomic mass is 16.1. The minimum absolute atomic E-state index is 0.0695. The topological polar surface area (TPSA) is 110 Å². The lowest BCUT2D eigenvalue weighted by molar-refractivity contribution is -0.121. The van der Waals surface area contributed by atoms with Crippen molar-refractivity contribution >= 4 is 5.78 Å². The fraction of sp³-hybridized carbons (Fsp3) is 0.250. The highest BCUT2D eigenvalue weighted by Gasteiger charge is 2.50. The summed E-state index contributed by atoms with van der Waals surface area (Å²) in [4.78, 5) is 29.7. The van der Waals surface area contributed by atoms with Gasteiger partial charge in [-0.2, -0.15) is 10.4 Å². The van der Waals surface area contributed by atoms with Gasteiger partial charge in [-0.3, -0.25) is 4.79 Å². The molecule has 1 aromatic carbocycles. The number of nitriles is 1. The molecule has 0 spiro atoms. The first kappa shape index (κ1) is 22.0. The first-order chi connectivity index (χ1) is 17.5. The third kappa shape index (κ3) is 3.28. The molecule has 3 heterocycles. The SMILES string of the molecule is C[C@H]1C(=O)C(C#N)=C[C@@]2(C)c3c(c(-c4ccncn4)nn3-c3ccc(-c4cncnc4)cc3)CC[C@H]12. The minimum Gasteiger partial charge on any atom is -0.293 e. The van der Waals surface area contributed by atoms with Crippen LogP contribution in [0.3, 0.4) is 0 Å². The highest BCUT2D eigenvalue weighted by molar-refractivity contribution is 6.02. The van der Waals surface area contributed by atoms with Crippen LogP contribution in [-0.2, 0) is 16.6 Å². The number of nitrogens with zero attached hydrogens (tertiary/aromatic N) is 7. The fourth-order valence-corrected chi connectivity index (χ4v) is 5.91. The fourth-order valence-electron chi connectivity index (χ4n) is 5.91. The first-order valence-electron chi connectivity index (χ1n) is 11.9. The van der Waals surface area contributed by atoms with Gasteiger partial charge in [0.15, 0.2) is 5.78 Å². The van der Waals surface area contributed by atoms with E-state index in [1.54, 1.807) is 18.6 Å². The van der Waals surface area contributed by atoms with Crippen LogP contribution >= 0.6 is 0 Å². The number of carbonyl (C=O) groups excluding carboxylic acids is 1. The van der Waals surface area contributed by atoms with Crippen molar-refractivity contribution in [2.75, 3.05) is 0 Å². The van der Waals surface area contributed by atoms with E-state index in [4.69, 9.17) is 5.10 Å². The number of Topliss-reactive ketones (excluding diaryl/α,β-unsaturated/α-hetero) is 1. The van der Waals surface area contributed by atoms with Gasteiger partial charge in [0, 0.05) is 41.1 Å². The van der Waals surface area contributed by atoms with Gasteiger partial charge in [0.25, 0.3) is 0 Å². The standard InChI is InChI=1S/C28H23N7O/c1-17-23-8-7-22-25(24-9-10-30-16-33-24)34-35(27(22)28(23,2)11-19(12-29)26(17)36)21-5-3-18(4-6-21)20-13-31-15-32-14-20/h3-6,9-11,13-17,23H,7-8H2,1-2H3/t17-,23-,28-/m1/s1. The predicted molar refractivity (Wildman–Crippen MR) is 133 cm³/mol. The zero-order chi connectivity index (χ0) is 24.9. The van der Waals surface area contributed by atoms with Crippen molar-refractivity contribution in [1.82, 2.24) is 29.7 Å². The largest absolute Gasteiger partial charge is 0.293 e. The third-order valence-corrected chi connectivity index (χ3v) is 7.65. The summed E-state index contributed by atoms with van der Waals surface area (Å²) in [6.07, 6.45) is 11.8. The van der Waals surface area contributed by atoms with Crippen LogP contribution in [0.25, 0.3) is 28.2 Å². The number of rotatable bonds is 3. The van der Waals surface area contributed by atoms with Crippen LogP contribution < -0.4 is 0 Å². The molecular weight excluding hydrogens is 450 g/mol. The molecule has 3 atom stereocenters. The molecular formula is C28H23N7O. The molecule has 0 saturated heterocycles. The Hall–Kier alpha value is -4.51. The van der Waals surface area contributed by atoms with Crippen LogP contribution in [0.5, 0.6) is 0 Å². The van der Waals surface area contributed by atoms with Crippen molar-refractivity contribution in [3.05, 3.63) is 84.5 Å². The molecule has 6 rings (SSSR count). The van der Waals surface area contributed by atoms with E-state index >= 15 is 0 Å². The Morgan fingerprint density at radius 3 is 2.53 bits per heavy atom. The van der Waals surface area contributed by atoms with Gasteiger partial charge in [-0.25, -0.2) is 24.6 Å². The molecule has 0 amide bonds. The van der Waals surface area contributed by atoms with E-state index in [0.29, 0.717) is 0 Å². The van der Waals surface area contributed by atoms with E-state index in [1.807, 2.05) is 48.0 Å². The molecule has 0 bridgehead atoms. The maximum Gasteiger partial charge on any atom is 0.176 e. The third-order valence-electron chi connectivity index (χ3n) is 7.65. The minimum atomic E-state index is -0.532. The lowest BCUT2D eigenvalue weighted by Gasteiger charge is -2.45. The molecule has 2 aliphatic carbocycles. The van der Waals surface area contributed by atoms with Crippen LogP contribution in [0.2, 0.25) is 0 Å². The van der Waals surface area contributed by atoms with Gasteiger partial charge in [0.05, 0.1) is 22.6 Å². The Kier molecular flexibility index (Phi) is 5.07. The van der Waals surface area contributed by atoms with Crippen molar-refractivity contribution in [2.45, 2.75) is 32.1 Å². The number of hydrogen-bond donors (Lipinski definition) is 0. The smallest absolute Gasteiger partial charge is 0.176 e. The average molecular weight is 474 g/mol. The maximum atomic E-state index is 12.9. The number of aromatic nitrogens is 6. The van der Waals surface area contributed by atoms with Gasteiger partial charge in [0.1, 0.15) is 24.4 Å². The molecule has 176 valence electrons. The van der Waals surface area contributed by atoms with Crippen molar-refractivity contribution in [3.8, 4) is 34.3 Å². The van der Waals surface area contributed by atoms with Gasteiger partial charge in [0.2, 0.25) is 0 Å². The van der Waals surface area contributed by atoms with Crippen LogP contribution in [0.4, 0.5) is 0 Å². The summed E-state index contributed by atoms with van der Waals surface area (Å²) < 4.78 is 1.97.